The summed E-state index contributed by atoms with van der Waals surface area (Å²) in [6, 6.07) is 5.12. The zero-order valence-corrected chi connectivity index (χ0v) is 12.5. The van der Waals surface area contributed by atoms with Gasteiger partial charge in [-0.2, -0.15) is 0 Å². The molecule has 1 saturated carbocycles. The highest BCUT2D eigenvalue weighted by atomic mass is 79.9. The zero-order valence-electron chi connectivity index (χ0n) is 10.9. The van der Waals surface area contributed by atoms with Crippen molar-refractivity contribution in [1.29, 1.82) is 0 Å². The van der Waals surface area contributed by atoms with E-state index in [9.17, 15) is 9.50 Å². The Hall–Kier alpha value is -0.450. The quantitative estimate of drug-likeness (QED) is 0.896. The van der Waals surface area contributed by atoms with Crippen LogP contribution in [0.4, 0.5) is 4.39 Å². The lowest BCUT2D eigenvalue weighted by atomic mass is 9.64. The van der Waals surface area contributed by atoms with Crippen LogP contribution in [0.5, 0.6) is 0 Å². The minimum Gasteiger partial charge on any atom is -0.392 e. The third-order valence-electron chi connectivity index (χ3n) is 4.09. The molecule has 0 radical (unpaired) electrons. The molecule has 2 rings (SSSR count). The first kappa shape index (κ1) is 14.0. The summed E-state index contributed by atoms with van der Waals surface area (Å²) >= 11 is 3.36. The van der Waals surface area contributed by atoms with E-state index in [4.69, 9.17) is 0 Å². The average Bonchev–Trinajstić information content (AvgIpc) is 2.31. The van der Waals surface area contributed by atoms with Crippen LogP contribution in [0.1, 0.15) is 38.8 Å². The molecule has 2 nitrogen and oxygen atoms in total. The Morgan fingerprint density at radius 2 is 2.17 bits per heavy atom. The lowest BCUT2D eigenvalue weighted by molar-refractivity contribution is -0.0755. The van der Waals surface area contributed by atoms with Gasteiger partial charge in [0.1, 0.15) is 5.82 Å². The Morgan fingerprint density at radius 3 is 2.72 bits per heavy atom. The zero-order chi connectivity index (χ0) is 13.5. The summed E-state index contributed by atoms with van der Waals surface area (Å²) in [5.74, 6) is -0.198. The Kier molecular flexibility index (Phi) is 3.81. The van der Waals surface area contributed by atoms with Gasteiger partial charge in [-0.15, -0.1) is 0 Å². The molecule has 0 heterocycles. The molecule has 1 fully saturated rings. The largest absolute Gasteiger partial charge is 0.392 e. The molecule has 100 valence electrons. The highest BCUT2D eigenvalue weighted by Gasteiger charge is 2.47. The van der Waals surface area contributed by atoms with Gasteiger partial charge in [0.15, 0.2) is 0 Å². The second-order valence-electron chi connectivity index (χ2n) is 5.68. The minimum atomic E-state index is -0.269. The third-order valence-corrected chi connectivity index (χ3v) is 4.58. The number of hydrogen-bond acceptors (Lipinski definition) is 2. The fraction of sp³-hybridized carbons (Fsp3) is 0.571. The molecule has 3 unspecified atom stereocenters. The minimum absolute atomic E-state index is 0.0701. The topological polar surface area (TPSA) is 32.3 Å². The van der Waals surface area contributed by atoms with Crippen molar-refractivity contribution in [3.05, 3.63) is 34.1 Å². The van der Waals surface area contributed by atoms with Crippen molar-refractivity contribution in [3.8, 4) is 0 Å². The fourth-order valence-corrected chi connectivity index (χ4v) is 2.80. The number of aliphatic hydroxyl groups is 1. The van der Waals surface area contributed by atoms with Crippen LogP contribution in [-0.2, 0) is 0 Å². The maximum absolute atomic E-state index is 13.8. The second-order valence-corrected chi connectivity index (χ2v) is 6.60. The number of nitrogens with one attached hydrogen (secondary N) is 1. The smallest absolute Gasteiger partial charge is 0.128 e. The van der Waals surface area contributed by atoms with Gasteiger partial charge in [0, 0.05) is 27.5 Å². The molecular weight excluding hydrogens is 297 g/mol. The van der Waals surface area contributed by atoms with Crippen molar-refractivity contribution in [2.75, 3.05) is 0 Å². The Labute approximate surface area is 116 Å². The van der Waals surface area contributed by atoms with E-state index in [1.54, 1.807) is 12.1 Å². The highest BCUT2D eigenvalue weighted by Crippen LogP contribution is 2.41. The molecule has 1 aliphatic rings. The van der Waals surface area contributed by atoms with E-state index >= 15 is 0 Å². The van der Waals surface area contributed by atoms with Crippen molar-refractivity contribution in [1.82, 2.24) is 5.32 Å². The number of hydrogen-bond donors (Lipinski definition) is 2. The van der Waals surface area contributed by atoms with Gasteiger partial charge in [-0.25, -0.2) is 4.39 Å². The second kappa shape index (κ2) is 4.91. The van der Waals surface area contributed by atoms with Gasteiger partial charge in [-0.3, -0.25) is 0 Å². The van der Waals surface area contributed by atoms with E-state index in [0.29, 0.717) is 5.56 Å². The Balaban J connectivity index is 2.09. The molecule has 0 spiro atoms. The molecule has 0 bridgehead atoms. The predicted octanol–water partition coefficient (Wildman–Crippen LogP) is 3.40. The molecule has 1 aliphatic carbocycles. The number of halogens is 2. The van der Waals surface area contributed by atoms with Crippen LogP contribution in [-0.4, -0.2) is 17.3 Å². The first-order valence-electron chi connectivity index (χ1n) is 6.21. The molecule has 3 atom stereocenters. The lowest BCUT2D eigenvalue weighted by Crippen LogP contribution is -2.60. The summed E-state index contributed by atoms with van der Waals surface area (Å²) in [7, 11) is 0. The van der Waals surface area contributed by atoms with Crippen molar-refractivity contribution in [3.63, 3.8) is 0 Å². The van der Waals surface area contributed by atoms with E-state index in [-0.39, 0.29) is 29.4 Å². The Morgan fingerprint density at radius 1 is 1.50 bits per heavy atom. The van der Waals surface area contributed by atoms with Gasteiger partial charge in [-0.1, -0.05) is 29.8 Å². The van der Waals surface area contributed by atoms with E-state index in [1.165, 1.54) is 6.07 Å². The molecule has 0 aliphatic heterocycles. The molecule has 2 N–H and O–H groups in total. The average molecular weight is 316 g/mol. The van der Waals surface area contributed by atoms with Crippen LogP contribution in [0.25, 0.3) is 0 Å². The van der Waals surface area contributed by atoms with Crippen molar-refractivity contribution < 1.29 is 9.50 Å². The van der Waals surface area contributed by atoms with Gasteiger partial charge in [-0.05, 0) is 31.5 Å². The van der Waals surface area contributed by atoms with Crippen LogP contribution in [0, 0.1) is 11.2 Å². The molecule has 0 aromatic heterocycles. The van der Waals surface area contributed by atoms with Crippen molar-refractivity contribution >= 4 is 15.9 Å². The van der Waals surface area contributed by atoms with Crippen LogP contribution >= 0.6 is 15.9 Å². The van der Waals surface area contributed by atoms with Crippen molar-refractivity contribution in [2.45, 2.75) is 45.4 Å². The first-order valence-corrected chi connectivity index (χ1v) is 7.00. The van der Waals surface area contributed by atoms with E-state index in [2.05, 4.69) is 21.2 Å². The number of rotatable bonds is 3. The highest BCUT2D eigenvalue weighted by molar-refractivity contribution is 9.10. The van der Waals surface area contributed by atoms with E-state index < -0.39 is 0 Å². The summed E-state index contributed by atoms with van der Waals surface area (Å²) < 4.78 is 14.6. The predicted molar refractivity (Wildman–Crippen MR) is 73.8 cm³/mol. The van der Waals surface area contributed by atoms with Gasteiger partial charge in [0.25, 0.3) is 0 Å². The van der Waals surface area contributed by atoms with Gasteiger partial charge >= 0.3 is 0 Å². The summed E-state index contributed by atoms with van der Waals surface area (Å²) in [5, 5.41) is 13.1. The summed E-state index contributed by atoms with van der Waals surface area (Å²) in [6.45, 7) is 6.01. The normalized spacial score (nSPS) is 27.7. The lowest BCUT2D eigenvalue weighted by Gasteiger charge is -2.50. The summed E-state index contributed by atoms with van der Waals surface area (Å²) in [4.78, 5) is 0. The van der Waals surface area contributed by atoms with Gasteiger partial charge < -0.3 is 10.4 Å². The SMILES string of the molecule is CC(NC1CC(O)C1(C)C)c1cc(Br)ccc1F. The van der Waals surface area contributed by atoms with Crippen LogP contribution in [0.15, 0.2) is 22.7 Å². The Bertz CT molecular complexity index is 449. The summed E-state index contributed by atoms with van der Waals surface area (Å²) in [5.41, 5.74) is 0.512. The van der Waals surface area contributed by atoms with Crippen LogP contribution < -0.4 is 5.32 Å². The summed E-state index contributed by atoms with van der Waals surface area (Å²) in [6.07, 6.45) is 0.460. The van der Waals surface area contributed by atoms with Crippen molar-refractivity contribution in [2.24, 2.45) is 5.41 Å². The van der Waals surface area contributed by atoms with Crippen LogP contribution in [0.2, 0.25) is 0 Å². The molecule has 4 heteroatoms. The van der Waals surface area contributed by atoms with Gasteiger partial charge in [0.05, 0.1) is 6.10 Å². The molecule has 1 aromatic rings. The van der Waals surface area contributed by atoms with E-state index in [0.717, 1.165) is 10.9 Å². The third kappa shape index (κ3) is 2.46. The monoisotopic (exact) mass is 315 g/mol. The number of aliphatic hydroxyl groups excluding tert-OH is 1. The van der Waals surface area contributed by atoms with Crippen LogP contribution in [0.3, 0.4) is 0 Å². The maximum Gasteiger partial charge on any atom is 0.128 e. The first-order chi connectivity index (χ1) is 8.32. The van der Waals surface area contributed by atoms with E-state index in [1.807, 2.05) is 20.8 Å². The molecule has 1 aromatic carbocycles. The number of benzene rings is 1. The van der Waals surface area contributed by atoms with Gasteiger partial charge in [0.2, 0.25) is 0 Å². The fourth-order valence-electron chi connectivity index (χ4n) is 2.42. The molecular formula is C14H19BrFNO. The molecule has 0 amide bonds. The maximum atomic E-state index is 13.8. The molecule has 18 heavy (non-hydrogen) atoms. The molecule has 0 saturated heterocycles. The standard InChI is InChI=1S/C14H19BrFNO/c1-8(10-6-9(15)4-5-11(10)16)17-12-7-13(18)14(12,2)3/h4-6,8,12-13,17-18H,7H2,1-3H3.